The van der Waals surface area contributed by atoms with Crippen LogP contribution in [0.4, 0.5) is 0 Å². The standard InChI is InChI=1S/C26H29N3O/c1-17-5-2-8-20(11-17)25-23(16-29-10-4-9-21(15-29)26(27)30)13-22-12-18-6-3-7-19(18)14-24(22)28-25/h2,5,8,11-14,21H,3-4,6-7,9-10,15-16H2,1H3,(H2,27,30)/t21-/m0/s1. The summed E-state index contributed by atoms with van der Waals surface area (Å²) >= 11 is 0. The van der Waals surface area contributed by atoms with Gasteiger partial charge < -0.3 is 5.73 Å². The number of fused-ring (bicyclic) bond motifs is 2. The van der Waals surface area contributed by atoms with Gasteiger partial charge in [-0.2, -0.15) is 0 Å². The number of hydrogen-bond acceptors (Lipinski definition) is 3. The zero-order chi connectivity index (χ0) is 20.7. The first-order valence-electron chi connectivity index (χ1n) is 11.1. The van der Waals surface area contributed by atoms with Gasteiger partial charge in [0.15, 0.2) is 0 Å². The highest BCUT2D eigenvalue weighted by Gasteiger charge is 2.25. The lowest BCUT2D eigenvalue weighted by atomic mass is 9.95. The Morgan fingerprint density at radius 3 is 2.77 bits per heavy atom. The van der Waals surface area contributed by atoms with E-state index in [1.54, 1.807) is 0 Å². The lowest BCUT2D eigenvalue weighted by Crippen LogP contribution is -2.40. The molecule has 1 amide bonds. The van der Waals surface area contributed by atoms with Gasteiger partial charge in [0.05, 0.1) is 17.1 Å². The molecule has 1 atom stereocenters. The van der Waals surface area contributed by atoms with E-state index in [0.29, 0.717) is 0 Å². The second kappa shape index (κ2) is 7.84. The minimum atomic E-state index is -0.175. The van der Waals surface area contributed by atoms with Gasteiger partial charge in [-0.05, 0) is 86.5 Å². The van der Waals surface area contributed by atoms with E-state index in [1.165, 1.54) is 40.5 Å². The van der Waals surface area contributed by atoms with Crippen molar-refractivity contribution in [3.63, 3.8) is 0 Å². The highest BCUT2D eigenvalue weighted by atomic mass is 16.1. The summed E-state index contributed by atoms with van der Waals surface area (Å²) in [4.78, 5) is 19.3. The number of hydrogen-bond donors (Lipinski definition) is 1. The van der Waals surface area contributed by atoms with E-state index in [0.717, 1.165) is 55.7 Å². The van der Waals surface area contributed by atoms with Crippen LogP contribution in [0.25, 0.3) is 22.2 Å². The summed E-state index contributed by atoms with van der Waals surface area (Å²) < 4.78 is 0. The number of nitrogens with two attached hydrogens (primary N) is 1. The molecule has 1 aromatic heterocycles. The molecule has 1 aliphatic heterocycles. The molecule has 2 aromatic carbocycles. The highest BCUT2D eigenvalue weighted by Crippen LogP contribution is 2.32. The van der Waals surface area contributed by atoms with Crippen LogP contribution in [-0.2, 0) is 24.2 Å². The maximum absolute atomic E-state index is 11.7. The van der Waals surface area contributed by atoms with Gasteiger partial charge in [-0.1, -0.05) is 23.8 Å². The maximum atomic E-state index is 11.7. The van der Waals surface area contributed by atoms with Crippen molar-refractivity contribution in [3.8, 4) is 11.3 Å². The van der Waals surface area contributed by atoms with Crippen LogP contribution in [0.15, 0.2) is 42.5 Å². The van der Waals surface area contributed by atoms with Gasteiger partial charge in [0.2, 0.25) is 5.91 Å². The van der Waals surface area contributed by atoms with Crippen LogP contribution in [0.2, 0.25) is 0 Å². The number of nitrogens with zero attached hydrogens (tertiary/aromatic N) is 2. The van der Waals surface area contributed by atoms with Crippen LogP contribution in [0.1, 0.15) is 41.5 Å². The van der Waals surface area contributed by atoms with Gasteiger partial charge in [0.1, 0.15) is 0 Å². The number of pyridine rings is 1. The molecule has 0 saturated carbocycles. The fourth-order valence-corrected chi connectivity index (χ4v) is 5.13. The zero-order valence-electron chi connectivity index (χ0n) is 17.7. The van der Waals surface area contributed by atoms with E-state index in [4.69, 9.17) is 10.7 Å². The Morgan fingerprint density at radius 1 is 1.13 bits per heavy atom. The van der Waals surface area contributed by atoms with Gasteiger partial charge >= 0.3 is 0 Å². The van der Waals surface area contributed by atoms with Crippen molar-refractivity contribution in [2.75, 3.05) is 13.1 Å². The Kier molecular flexibility index (Phi) is 5.03. The van der Waals surface area contributed by atoms with Crippen LogP contribution in [0.3, 0.4) is 0 Å². The normalized spacial score (nSPS) is 19.2. The summed E-state index contributed by atoms with van der Waals surface area (Å²) in [6, 6.07) is 15.6. The van der Waals surface area contributed by atoms with Crippen LogP contribution >= 0.6 is 0 Å². The third kappa shape index (κ3) is 3.72. The molecule has 4 nitrogen and oxygen atoms in total. The number of rotatable bonds is 4. The van der Waals surface area contributed by atoms with Gasteiger partial charge in [-0.3, -0.25) is 9.69 Å². The second-order valence-corrected chi connectivity index (χ2v) is 9.01. The van der Waals surface area contributed by atoms with E-state index in [9.17, 15) is 4.79 Å². The molecule has 4 heteroatoms. The minimum absolute atomic E-state index is 0.0437. The minimum Gasteiger partial charge on any atom is -0.369 e. The largest absolute Gasteiger partial charge is 0.369 e. The van der Waals surface area contributed by atoms with Crippen LogP contribution < -0.4 is 5.73 Å². The lowest BCUT2D eigenvalue weighted by Gasteiger charge is -2.31. The first-order valence-corrected chi connectivity index (χ1v) is 11.1. The molecule has 2 aliphatic rings. The van der Waals surface area contributed by atoms with Crippen molar-refractivity contribution >= 4 is 16.8 Å². The highest BCUT2D eigenvalue weighted by molar-refractivity contribution is 5.85. The number of piperidine rings is 1. The average molecular weight is 400 g/mol. The molecular formula is C26H29N3O. The van der Waals surface area contributed by atoms with E-state index in [1.807, 2.05) is 0 Å². The first-order chi connectivity index (χ1) is 14.6. The molecule has 5 rings (SSSR count). The summed E-state index contributed by atoms with van der Waals surface area (Å²) in [6.07, 6.45) is 5.50. The maximum Gasteiger partial charge on any atom is 0.221 e. The van der Waals surface area contributed by atoms with Crippen LogP contribution in [0.5, 0.6) is 0 Å². The quantitative estimate of drug-likeness (QED) is 0.708. The third-order valence-corrected chi connectivity index (χ3v) is 6.70. The Balaban J connectivity index is 1.58. The van der Waals surface area contributed by atoms with Gasteiger partial charge in [-0.25, -0.2) is 4.98 Å². The Labute approximate surface area is 178 Å². The summed E-state index contributed by atoms with van der Waals surface area (Å²) in [5, 5.41) is 1.23. The summed E-state index contributed by atoms with van der Waals surface area (Å²) in [7, 11) is 0. The Morgan fingerprint density at radius 2 is 1.97 bits per heavy atom. The molecule has 2 heterocycles. The van der Waals surface area contributed by atoms with E-state index in [2.05, 4.69) is 54.3 Å². The van der Waals surface area contributed by atoms with Crippen LogP contribution in [-0.4, -0.2) is 28.9 Å². The van der Waals surface area contributed by atoms with Crippen molar-refractivity contribution in [1.82, 2.24) is 9.88 Å². The first kappa shape index (κ1) is 19.3. The molecule has 1 saturated heterocycles. The predicted octanol–water partition coefficient (Wildman–Crippen LogP) is 4.40. The number of aryl methyl sites for hydroxylation is 3. The molecule has 30 heavy (non-hydrogen) atoms. The summed E-state index contributed by atoms with van der Waals surface area (Å²) in [5.74, 6) is -0.219. The monoisotopic (exact) mass is 399 g/mol. The van der Waals surface area contributed by atoms with Crippen molar-refractivity contribution in [1.29, 1.82) is 0 Å². The molecule has 2 N–H and O–H groups in total. The SMILES string of the molecule is Cc1cccc(-c2nc3cc4c(cc3cc2CN2CCC[C@H](C(N)=O)C2)CCC4)c1. The van der Waals surface area contributed by atoms with E-state index in [-0.39, 0.29) is 11.8 Å². The van der Waals surface area contributed by atoms with E-state index < -0.39 is 0 Å². The second-order valence-electron chi connectivity index (χ2n) is 9.01. The van der Waals surface area contributed by atoms with Crippen molar-refractivity contribution in [2.24, 2.45) is 11.7 Å². The number of amides is 1. The number of likely N-dealkylation sites (tertiary alicyclic amines) is 1. The van der Waals surface area contributed by atoms with Gasteiger partial charge in [0.25, 0.3) is 0 Å². The van der Waals surface area contributed by atoms with E-state index >= 15 is 0 Å². The van der Waals surface area contributed by atoms with Crippen molar-refractivity contribution in [2.45, 2.75) is 45.6 Å². The predicted molar refractivity (Wildman–Crippen MR) is 121 cm³/mol. The smallest absolute Gasteiger partial charge is 0.221 e. The summed E-state index contributed by atoms with van der Waals surface area (Å²) in [6.45, 7) is 4.66. The Hall–Kier alpha value is -2.72. The van der Waals surface area contributed by atoms with Gasteiger partial charge in [0, 0.05) is 24.0 Å². The molecule has 154 valence electrons. The number of carbonyl (C=O) groups excluding carboxylic acids is 1. The summed E-state index contributed by atoms with van der Waals surface area (Å²) in [5.41, 5.74) is 14.3. The molecule has 3 aromatic rings. The number of aromatic nitrogens is 1. The molecule has 1 fully saturated rings. The zero-order valence-corrected chi connectivity index (χ0v) is 17.7. The lowest BCUT2D eigenvalue weighted by molar-refractivity contribution is -0.123. The molecule has 0 spiro atoms. The fourth-order valence-electron chi connectivity index (χ4n) is 5.13. The number of carbonyl (C=O) groups is 1. The van der Waals surface area contributed by atoms with Crippen molar-refractivity contribution in [3.05, 3.63) is 64.7 Å². The van der Waals surface area contributed by atoms with Gasteiger partial charge in [-0.15, -0.1) is 0 Å². The molecular weight excluding hydrogens is 370 g/mol. The third-order valence-electron chi connectivity index (χ3n) is 6.70. The molecule has 0 unspecified atom stereocenters. The Bertz CT molecular complexity index is 1120. The average Bonchev–Trinajstić information content (AvgIpc) is 3.19. The molecule has 0 radical (unpaired) electrons. The fraction of sp³-hybridized carbons (Fsp3) is 0.385. The van der Waals surface area contributed by atoms with Crippen molar-refractivity contribution < 1.29 is 4.79 Å². The molecule has 1 aliphatic carbocycles. The molecule has 0 bridgehead atoms. The van der Waals surface area contributed by atoms with Crippen LogP contribution in [0, 0.1) is 12.8 Å². The number of primary amides is 1. The number of benzene rings is 2. The topological polar surface area (TPSA) is 59.2 Å².